The lowest BCUT2D eigenvalue weighted by Crippen LogP contribution is -2.39. The van der Waals surface area contributed by atoms with E-state index in [-0.39, 0.29) is 17.2 Å². The van der Waals surface area contributed by atoms with Crippen molar-refractivity contribution in [2.45, 2.75) is 46.1 Å². The molecule has 0 aliphatic heterocycles. The smallest absolute Gasteiger partial charge is 0.299 e. The van der Waals surface area contributed by atoms with Gasteiger partial charge in [0.05, 0.1) is 11.9 Å². The quantitative estimate of drug-likeness (QED) is 0.220. The highest BCUT2D eigenvalue weighted by Gasteiger charge is 2.25. The van der Waals surface area contributed by atoms with Gasteiger partial charge in [-0.25, -0.2) is 23.1 Å². The molecule has 0 N–H and O–H groups in total. The summed E-state index contributed by atoms with van der Waals surface area (Å²) in [4.78, 5) is 45.1. The molecule has 0 spiro atoms. The molecule has 0 aliphatic rings. The van der Waals surface area contributed by atoms with E-state index < -0.39 is 29.4 Å². The van der Waals surface area contributed by atoms with Crippen LogP contribution in [0.1, 0.15) is 43.4 Å². The van der Waals surface area contributed by atoms with Gasteiger partial charge in [-0.15, -0.1) is 11.3 Å². The standard InChI is InChI=1S/C31H27F2N3O3S/c1-3-8-22-27-29(38)36(26-11-5-6-16-34-26)31(39)35(18-23-24(32)9-7-10-25(23)33)30(27)40-28(22)20-14-12-19(13-15-20)17-21(37)4-2/h5-7,9-16H,3-4,8,17-18H2,1-2H3. The first-order valence-electron chi connectivity index (χ1n) is 13.1. The van der Waals surface area contributed by atoms with E-state index in [0.29, 0.717) is 29.5 Å². The summed E-state index contributed by atoms with van der Waals surface area (Å²) in [5.74, 6) is -1.29. The van der Waals surface area contributed by atoms with E-state index in [1.807, 2.05) is 38.1 Å². The first kappa shape index (κ1) is 27.3. The van der Waals surface area contributed by atoms with Gasteiger partial charge in [0, 0.05) is 29.5 Å². The molecule has 0 unspecified atom stereocenters. The van der Waals surface area contributed by atoms with Crippen LogP contribution < -0.4 is 11.2 Å². The summed E-state index contributed by atoms with van der Waals surface area (Å²) in [5, 5.41) is 0.328. The predicted octanol–water partition coefficient (Wildman–Crippen LogP) is 6.08. The molecule has 204 valence electrons. The van der Waals surface area contributed by atoms with Crippen LogP contribution in [-0.4, -0.2) is 19.9 Å². The maximum absolute atomic E-state index is 14.7. The Balaban J connectivity index is 1.80. The van der Waals surface area contributed by atoms with Crippen molar-refractivity contribution in [3.63, 3.8) is 0 Å². The molecular weight excluding hydrogens is 532 g/mol. The summed E-state index contributed by atoms with van der Waals surface area (Å²) >= 11 is 1.25. The Morgan fingerprint density at radius 3 is 2.27 bits per heavy atom. The van der Waals surface area contributed by atoms with Crippen LogP contribution in [-0.2, 0) is 24.2 Å². The number of thiophene rings is 1. The highest BCUT2D eigenvalue weighted by atomic mass is 32.1. The van der Waals surface area contributed by atoms with Crippen molar-refractivity contribution in [3.05, 3.63) is 116 Å². The Kier molecular flexibility index (Phi) is 7.84. The Bertz CT molecular complexity index is 1800. The average molecular weight is 560 g/mol. The van der Waals surface area contributed by atoms with Crippen molar-refractivity contribution >= 4 is 27.3 Å². The zero-order valence-electron chi connectivity index (χ0n) is 22.1. The van der Waals surface area contributed by atoms with Gasteiger partial charge in [0.1, 0.15) is 28.1 Å². The number of nitrogens with zero attached hydrogens (tertiary/aromatic N) is 3. The molecule has 0 fully saturated rings. The zero-order valence-corrected chi connectivity index (χ0v) is 22.9. The Hall–Kier alpha value is -4.24. The third-order valence-corrected chi connectivity index (χ3v) is 8.14. The van der Waals surface area contributed by atoms with Gasteiger partial charge in [0.25, 0.3) is 5.56 Å². The third kappa shape index (κ3) is 5.04. The fraction of sp³-hybridized carbons (Fsp3) is 0.226. The maximum Gasteiger partial charge on any atom is 0.338 e. The summed E-state index contributed by atoms with van der Waals surface area (Å²) in [6, 6.07) is 16.0. The normalized spacial score (nSPS) is 11.3. The lowest BCUT2D eigenvalue weighted by Gasteiger charge is -2.13. The molecule has 40 heavy (non-hydrogen) atoms. The molecule has 0 aliphatic carbocycles. The van der Waals surface area contributed by atoms with Crippen molar-refractivity contribution < 1.29 is 13.6 Å². The largest absolute Gasteiger partial charge is 0.338 e. The number of aromatic nitrogens is 3. The number of hydrogen-bond donors (Lipinski definition) is 0. The van der Waals surface area contributed by atoms with Gasteiger partial charge >= 0.3 is 5.69 Å². The van der Waals surface area contributed by atoms with Gasteiger partial charge < -0.3 is 0 Å². The SMILES string of the molecule is CCCc1c(-c2ccc(CC(=O)CC)cc2)sc2c1c(=O)n(-c1ccccn1)c(=O)n2Cc1c(F)cccc1F. The molecule has 3 heterocycles. The Morgan fingerprint density at radius 1 is 0.925 bits per heavy atom. The number of aryl methyl sites for hydroxylation is 1. The van der Waals surface area contributed by atoms with E-state index in [4.69, 9.17) is 0 Å². The van der Waals surface area contributed by atoms with Crippen molar-refractivity contribution in [3.8, 4) is 16.3 Å². The minimum atomic E-state index is -0.779. The second-order valence-electron chi connectivity index (χ2n) is 9.50. The summed E-state index contributed by atoms with van der Waals surface area (Å²) in [5.41, 5.74) is 0.949. The third-order valence-electron chi connectivity index (χ3n) is 6.84. The second kappa shape index (κ2) is 11.5. The minimum Gasteiger partial charge on any atom is -0.299 e. The van der Waals surface area contributed by atoms with Gasteiger partial charge in [0.2, 0.25) is 0 Å². The zero-order chi connectivity index (χ0) is 28.4. The van der Waals surface area contributed by atoms with E-state index >= 15 is 0 Å². The number of ketones is 1. The lowest BCUT2D eigenvalue weighted by molar-refractivity contribution is -0.118. The molecule has 0 saturated heterocycles. The Labute approximate surface area is 233 Å². The molecule has 0 bridgehead atoms. The van der Waals surface area contributed by atoms with Crippen LogP contribution in [0.4, 0.5) is 8.78 Å². The molecule has 5 aromatic rings. The van der Waals surface area contributed by atoms with Crippen molar-refractivity contribution in [2.24, 2.45) is 0 Å². The minimum absolute atomic E-state index is 0.127. The lowest BCUT2D eigenvalue weighted by atomic mass is 10.0. The molecular formula is C31H27F2N3O3S. The summed E-state index contributed by atoms with van der Waals surface area (Å²) in [6.07, 6.45) is 3.55. The van der Waals surface area contributed by atoms with Crippen molar-refractivity contribution in [1.82, 2.24) is 14.1 Å². The van der Waals surface area contributed by atoms with Crippen molar-refractivity contribution in [2.75, 3.05) is 0 Å². The molecule has 9 heteroatoms. The van der Waals surface area contributed by atoms with Crippen LogP contribution in [0.2, 0.25) is 0 Å². The number of fused-ring (bicyclic) bond motifs is 1. The summed E-state index contributed by atoms with van der Waals surface area (Å²) < 4.78 is 31.7. The maximum atomic E-state index is 14.7. The van der Waals surface area contributed by atoms with Crippen LogP contribution in [0.15, 0.2) is 76.4 Å². The number of carbonyl (C=O) groups is 1. The first-order chi connectivity index (χ1) is 19.3. The molecule has 6 nitrogen and oxygen atoms in total. The summed E-state index contributed by atoms with van der Waals surface area (Å²) in [6.45, 7) is 3.43. The highest BCUT2D eigenvalue weighted by Crippen LogP contribution is 2.38. The van der Waals surface area contributed by atoms with Crippen LogP contribution >= 0.6 is 11.3 Å². The van der Waals surface area contributed by atoms with E-state index in [2.05, 4.69) is 4.98 Å². The average Bonchev–Trinajstić information content (AvgIpc) is 3.33. The number of halogens is 2. The number of carbonyl (C=O) groups excluding carboxylic acids is 1. The van der Waals surface area contributed by atoms with Gasteiger partial charge in [0.15, 0.2) is 0 Å². The molecule has 0 saturated carbocycles. The van der Waals surface area contributed by atoms with Gasteiger partial charge in [-0.3, -0.25) is 14.2 Å². The van der Waals surface area contributed by atoms with E-state index in [9.17, 15) is 23.2 Å². The topological polar surface area (TPSA) is 74.0 Å². The molecule has 3 aromatic heterocycles. The highest BCUT2D eigenvalue weighted by molar-refractivity contribution is 7.22. The molecule has 0 amide bonds. The number of Topliss-reactive ketones (excluding diaryl/α,β-unsaturated/α-hetero) is 1. The van der Waals surface area contributed by atoms with Crippen LogP contribution in [0.3, 0.4) is 0 Å². The van der Waals surface area contributed by atoms with E-state index in [1.54, 1.807) is 18.2 Å². The monoisotopic (exact) mass is 559 g/mol. The number of pyridine rings is 1. The van der Waals surface area contributed by atoms with Gasteiger partial charge in [-0.2, -0.15) is 0 Å². The molecule has 5 rings (SSSR count). The fourth-order valence-corrected chi connectivity index (χ4v) is 6.13. The van der Waals surface area contributed by atoms with Gasteiger partial charge in [-0.05, 0) is 47.4 Å². The van der Waals surface area contributed by atoms with E-state index in [0.717, 1.165) is 44.7 Å². The van der Waals surface area contributed by atoms with Crippen molar-refractivity contribution in [1.29, 1.82) is 0 Å². The molecule has 0 atom stereocenters. The van der Waals surface area contributed by atoms with Crippen LogP contribution in [0, 0.1) is 11.6 Å². The fourth-order valence-electron chi connectivity index (χ4n) is 4.79. The van der Waals surface area contributed by atoms with Crippen LogP contribution in [0.25, 0.3) is 26.5 Å². The molecule has 0 radical (unpaired) electrons. The van der Waals surface area contributed by atoms with Crippen LogP contribution in [0.5, 0.6) is 0 Å². The molecule has 2 aromatic carbocycles. The summed E-state index contributed by atoms with van der Waals surface area (Å²) in [7, 11) is 0. The van der Waals surface area contributed by atoms with Gasteiger partial charge in [-0.1, -0.05) is 56.7 Å². The Morgan fingerprint density at radius 2 is 1.65 bits per heavy atom. The van der Waals surface area contributed by atoms with E-state index in [1.165, 1.54) is 28.2 Å². The second-order valence-corrected chi connectivity index (χ2v) is 10.5. The number of rotatable bonds is 9. The number of hydrogen-bond acceptors (Lipinski definition) is 5. The predicted molar refractivity (Wildman–Crippen MR) is 153 cm³/mol. The first-order valence-corrected chi connectivity index (χ1v) is 13.9. The number of benzene rings is 2.